The lowest BCUT2D eigenvalue weighted by atomic mass is 9.92. The number of aromatic nitrogens is 2. The lowest BCUT2D eigenvalue weighted by Gasteiger charge is -2.31. The lowest BCUT2D eigenvalue weighted by molar-refractivity contribution is 0.0271. The summed E-state index contributed by atoms with van der Waals surface area (Å²) in [7, 11) is 0. The van der Waals surface area contributed by atoms with Crippen LogP contribution in [0, 0.1) is 11.7 Å². The minimum Gasteiger partial charge on any atom is -0.373 e. The normalized spacial score (nSPS) is 22.0. The molecule has 2 aromatic rings. The van der Waals surface area contributed by atoms with Gasteiger partial charge in [-0.25, -0.2) is 14.9 Å². The summed E-state index contributed by atoms with van der Waals surface area (Å²) in [6.45, 7) is 2.42. The Kier molecular flexibility index (Phi) is 4.77. The maximum absolute atomic E-state index is 15.2. The molecule has 1 amide bonds. The van der Waals surface area contributed by atoms with Gasteiger partial charge in [0.1, 0.15) is 5.52 Å². The molecule has 1 aromatic heterocycles. The number of hydroxylamine groups is 1. The predicted octanol–water partition coefficient (Wildman–Crippen LogP) is 4.18. The van der Waals surface area contributed by atoms with Gasteiger partial charge in [0, 0.05) is 4.48 Å². The van der Waals surface area contributed by atoms with Gasteiger partial charge < -0.3 is 10.3 Å². The van der Waals surface area contributed by atoms with Crippen molar-refractivity contribution in [3.05, 3.63) is 46.5 Å². The molecule has 0 aliphatic heterocycles. The first-order chi connectivity index (χ1) is 13.0. The van der Waals surface area contributed by atoms with Gasteiger partial charge in [0.15, 0.2) is 5.82 Å². The largest absolute Gasteiger partial charge is 0.373 e. The quantitative estimate of drug-likeness (QED) is 0.595. The highest BCUT2D eigenvalue weighted by molar-refractivity contribution is 9.11. The van der Waals surface area contributed by atoms with Crippen LogP contribution in [0.25, 0.3) is 11.0 Å². The van der Waals surface area contributed by atoms with E-state index in [9.17, 15) is 4.79 Å². The number of imidazole rings is 1. The summed E-state index contributed by atoms with van der Waals surface area (Å²) < 4.78 is 16.1. The zero-order chi connectivity index (χ0) is 19.0. The minimum atomic E-state index is -0.565. The molecule has 1 fully saturated rings. The number of nitrogens with one attached hydrogen (secondary N) is 3. The Hall–Kier alpha value is -2.19. The van der Waals surface area contributed by atoms with E-state index >= 15 is 4.39 Å². The van der Waals surface area contributed by atoms with Crippen molar-refractivity contribution in [1.82, 2.24) is 15.4 Å². The van der Waals surface area contributed by atoms with Crippen LogP contribution in [0.1, 0.15) is 36.5 Å². The fraction of sp³-hybridized carbons (Fsp3) is 0.368. The van der Waals surface area contributed by atoms with Crippen molar-refractivity contribution in [3.8, 4) is 0 Å². The number of benzene rings is 1. The van der Waals surface area contributed by atoms with Crippen LogP contribution >= 0.6 is 15.9 Å². The standard InChI is InChI=1S/C19H20BrFN4O2/c1-19(6-4-12(20)5-7-19)24-16-13(18(26)25-27-9-11-2-3-11)8-14-17(15(16)21)23-10-22-14/h4-6,8,10-11,24H,2-3,7,9H2,1H3,(H,22,23)(H,25,26). The van der Waals surface area contributed by atoms with E-state index in [-0.39, 0.29) is 16.8 Å². The third-order valence-electron chi connectivity index (χ3n) is 4.82. The van der Waals surface area contributed by atoms with Crippen LogP contribution in [0.2, 0.25) is 0 Å². The highest BCUT2D eigenvalue weighted by Gasteiger charge is 2.28. The van der Waals surface area contributed by atoms with Gasteiger partial charge in [-0.3, -0.25) is 9.63 Å². The predicted molar refractivity (Wildman–Crippen MR) is 105 cm³/mol. The molecule has 1 saturated carbocycles. The van der Waals surface area contributed by atoms with Crippen molar-refractivity contribution < 1.29 is 14.0 Å². The van der Waals surface area contributed by atoms with Gasteiger partial charge >= 0.3 is 0 Å². The van der Waals surface area contributed by atoms with E-state index in [1.807, 2.05) is 25.2 Å². The maximum Gasteiger partial charge on any atom is 0.277 e. The summed E-state index contributed by atoms with van der Waals surface area (Å²) in [4.78, 5) is 24.8. The first-order valence-corrected chi connectivity index (χ1v) is 9.65. The SMILES string of the molecule is CC1(Nc2c(C(=O)NOCC3CC3)cc3[nH]cnc3c2F)C=CC(Br)=CC1. The summed E-state index contributed by atoms with van der Waals surface area (Å²) in [5.74, 6) is -0.552. The van der Waals surface area contributed by atoms with E-state index in [0.717, 1.165) is 17.3 Å². The van der Waals surface area contributed by atoms with Crippen LogP contribution in [0.4, 0.5) is 10.1 Å². The number of hydrogen-bond donors (Lipinski definition) is 3. The van der Waals surface area contributed by atoms with Crippen molar-refractivity contribution in [2.24, 2.45) is 5.92 Å². The van der Waals surface area contributed by atoms with E-state index in [1.54, 1.807) is 6.07 Å². The monoisotopic (exact) mass is 434 g/mol. The number of rotatable bonds is 6. The molecule has 142 valence electrons. The number of H-pyrrole nitrogens is 1. The van der Waals surface area contributed by atoms with Gasteiger partial charge in [-0.2, -0.15) is 0 Å². The fourth-order valence-electron chi connectivity index (χ4n) is 3.00. The number of carbonyl (C=O) groups is 1. The van der Waals surface area contributed by atoms with E-state index in [0.29, 0.717) is 24.5 Å². The summed E-state index contributed by atoms with van der Waals surface area (Å²) in [6.07, 6.45) is 10.1. The Balaban J connectivity index is 1.65. The van der Waals surface area contributed by atoms with Gasteiger partial charge in [0.05, 0.1) is 35.2 Å². The molecule has 2 aliphatic rings. The average Bonchev–Trinajstić information content (AvgIpc) is 3.34. The van der Waals surface area contributed by atoms with Gasteiger partial charge in [0.2, 0.25) is 0 Å². The molecule has 1 unspecified atom stereocenters. The maximum atomic E-state index is 15.2. The van der Waals surface area contributed by atoms with Gasteiger partial charge in [-0.15, -0.1) is 0 Å². The van der Waals surface area contributed by atoms with Crippen molar-refractivity contribution in [2.45, 2.75) is 31.7 Å². The van der Waals surface area contributed by atoms with Crippen LogP contribution in [-0.2, 0) is 4.84 Å². The third kappa shape index (κ3) is 3.91. The van der Waals surface area contributed by atoms with E-state index < -0.39 is 17.3 Å². The summed E-state index contributed by atoms with van der Waals surface area (Å²) in [5, 5.41) is 3.19. The molecule has 2 aliphatic carbocycles. The number of carbonyl (C=O) groups excluding carboxylic acids is 1. The van der Waals surface area contributed by atoms with Crippen LogP contribution in [-0.4, -0.2) is 28.0 Å². The van der Waals surface area contributed by atoms with Gasteiger partial charge in [-0.1, -0.05) is 28.1 Å². The van der Waals surface area contributed by atoms with Crippen molar-refractivity contribution >= 4 is 38.6 Å². The highest BCUT2D eigenvalue weighted by atomic mass is 79.9. The molecule has 0 bridgehead atoms. The van der Waals surface area contributed by atoms with Crippen LogP contribution in [0.15, 0.2) is 35.1 Å². The molecule has 6 nitrogen and oxygen atoms in total. The first kappa shape index (κ1) is 18.2. The summed E-state index contributed by atoms with van der Waals surface area (Å²) >= 11 is 3.43. The Morgan fingerprint density at radius 1 is 1.52 bits per heavy atom. The van der Waals surface area contributed by atoms with E-state index in [2.05, 4.69) is 36.7 Å². The molecule has 0 spiro atoms. The number of halogens is 2. The Bertz CT molecular complexity index is 951. The number of aromatic amines is 1. The topological polar surface area (TPSA) is 79.0 Å². The molecule has 0 radical (unpaired) electrons. The number of anilines is 1. The Labute approximate surface area is 164 Å². The molecule has 1 heterocycles. The van der Waals surface area contributed by atoms with Gasteiger partial charge in [-0.05, 0) is 44.2 Å². The van der Waals surface area contributed by atoms with Crippen LogP contribution in [0.3, 0.4) is 0 Å². The van der Waals surface area contributed by atoms with E-state index in [1.165, 1.54) is 6.33 Å². The number of amides is 1. The van der Waals surface area contributed by atoms with Crippen LogP contribution < -0.4 is 10.8 Å². The number of fused-ring (bicyclic) bond motifs is 1. The number of hydrogen-bond acceptors (Lipinski definition) is 4. The molecule has 1 atom stereocenters. The molecular formula is C19H20BrFN4O2. The average molecular weight is 435 g/mol. The molecular weight excluding hydrogens is 415 g/mol. The van der Waals surface area contributed by atoms with Crippen molar-refractivity contribution in [1.29, 1.82) is 0 Å². The molecule has 0 saturated heterocycles. The van der Waals surface area contributed by atoms with E-state index in [4.69, 9.17) is 4.84 Å². The molecule has 8 heteroatoms. The molecule has 3 N–H and O–H groups in total. The third-order valence-corrected chi connectivity index (χ3v) is 5.41. The minimum absolute atomic E-state index is 0.112. The summed E-state index contributed by atoms with van der Waals surface area (Å²) in [5.41, 5.74) is 2.82. The number of nitrogens with zero attached hydrogens (tertiary/aromatic N) is 1. The zero-order valence-corrected chi connectivity index (χ0v) is 16.4. The molecule has 4 rings (SSSR count). The van der Waals surface area contributed by atoms with Gasteiger partial charge in [0.25, 0.3) is 5.91 Å². The second kappa shape index (κ2) is 7.09. The van der Waals surface area contributed by atoms with Crippen molar-refractivity contribution in [3.63, 3.8) is 0 Å². The smallest absolute Gasteiger partial charge is 0.277 e. The number of allylic oxidation sites excluding steroid dienone is 2. The first-order valence-electron chi connectivity index (χ1n) is 8.86. The Morgan fingerprint density at radius 2 is 2.33 bits per heavy atom. The lowest BCUT2D eigenvalue weighted by Crippen LogP contribution is -2.35. The second-order valence-electron chi connectivity index (χ2n) is 7.27. The molecule has 1 aromatic carbocycles. The fourth-order valence-corrected chi connectivity index (χ4v) is 3.29. The molecule has 27 heavy (non-hydrogen) atoms. The second-order valence-corrected chi connectivity index (χ2v) is 8.18. The highest BCUT2D eigenvalue weighted by Crippen LogP contribution is 2.33. The summed E-state index contributed by atoms with van der Waals surface area (Å²) in [6, 6.07) is 1.59. The Morgan fingerprint density at radius 3 is 3.04 bits per heavy atom. The van der Waals surface area contributed by atoms with Crippen LogP contribution in [0.5, 0.6) is 0 Å². The zero-order valence-electron chi connectivity index (χ0n) is 14.8. The van der Waals surface area contributed by atoms with Crippen molar-refractivity contribution in [2.75, 3.05) is 11.9 Å².